The molecule has 0 fully saturated rings. The SMILES string of the molecule is O=S(=O)(O)C(F)(F)F.OP(O)(O)=S. The summed E-state index contributed by atoms with van der Waals surface area (Å²) < 4.78 is 57.5. The van der Waals surface area contributed by atoms with E-state index in [-0.39, 0.29) is 0 Å². The van der Waals surface area contributed by atoms with Gasteiger partial charge in [-0.2, -0.15) is 21.6 Å². The molecule has 0 rings (SSSR count). The zero-order chi connectivity index (χ0) is 11.5. The summed E-state index contributed by atoms with van der Waals surface area (Å²) in [5.74, 6) is 0. The Morgan fingerprint density at radius 3 is 1.23 bits per heavy atom. The molecule has 82 valence electrons. The maximum Gasteiger partial charge on any atom is 0.522 e. The minimum atomic E-state index is -5.84. The molecule has 0 atom stereocenters. The van der Waals surface area contributed by atoms with E-state index >= 15 is 0 Å². The van der Waals surface area contributed by atoms with E-state index < -0.39 is 22.3 Å². The molecule has 0 aromatic heterocycles. The Bertz CT molecular complexity index is 277. The second kappa shape index (κ2) is 4.64. The first-order valence-corrected chi connectivity index (χ1v) is 6.17. The van der Waals surface area contributed by atoms with E-state index in [0.29, 0.717) is 0 Å². The lowest BCUT2D eigenvalue weighted by Crippen LogP contribution is -2.21. The van der Waals surface area contributed by atoms with E-state index in [0.717, 1.165) is 0 Å². The summed E-state index contributed by atoms with van der Waals surface area (Å²) in [7, 11) is -5.84. The number of hydrogen-bond acceptors (Lipinski definition) is 3. The zero-order valence-electron chi connectivity index (χ0n) is 5.50. The van der Waals surface area contributed by atoms with Gasteiger partial charge in [-0.05, 0) is 11.8 Å². The van der Waals surface area contributed by atoms with Crippen LogP contribution in [0.1, 0.15) is 0 Å². The minimum absolute atomic E-state index is 3.60. The van der Waals surface area contributed by atoms with Crippen molar-refractivity contribution < 1.29 is 40.8 Å². The van der Waals surface area contributed by atoms with Gasteiger partial charge in [0.15, 0.2) is 0 Å². The maximum absolute atomic E-state index is 10.7. The summed E-state index contributed by atoms with van der Waals surface area (Å²) in [5.41, 5.74) is -5.53. The molecule has 0 amide bonds. The van der Waals surface area contributed by atoms with E-state index in [1.807, 2.05) is 0 Å². The van der Waals surface area contributed by atoms with Gasteiger partial charge in [-0.25, -0.2) is 0 Å². The number of alkyl halides is 3. The van der Waals surface area contributed by atoms with E-state index in [1.54, 1.807) is 0 Å². The Morgan fingerprint density at radius 2 is 1.23 bits per heavy atom. The lowest BCUT2D eigenvalue weighted by atomic mass is 11.6. The molecule has 0 aliphatic rings. The van der Waals surface area contributed by atoms with Gasteiger partial charge in [-0.15, -0.1) is 0 Å². The van der Waals surface area contributed by atoms with Crippen LogP contribution in [0.3, 0.4) is 0 Å². The van der Waals surface area contributed by atoms with Crippen molar-refractivity contribution in [3.8, 4) is 0 Å². The van der Waals surface area contributed by atoms with Crippen molar-refractivity contribution in [1.82, 2.24) is 0 Å². The molecule has 0 aromatic carbocycles. The molecule has 6 nitrogen and oxygen atoms in total. The van der Waals surface area contributed by atoms with Crippen molar-refractivity contribution in [2.45, 2.75) is 5.51 Å². The van der Waals surface area contributed by atoms with Crippen LogP contribution in [0.2, 0.25) is 0 Å². The molecule has 0 saturated heterocycles. The second-order valence-electron chi connectivity index (χ2n) is 1.43. The lowest BCUT2D eigenvalue weighted by Gasteiger charge is -1.97. The molecule has 4 N–H and O–H groups in total. The lowest BCUT2D eigenvalue weighted by molar-refractivity contribution is -0.0510. The Balaban J connectivity index is 0. The third-order valence-corrected chi connectivity index (χ3v) is 0.877. The molecule has 0 saturated carbocycles. The molecule has 0 aromatic rings. The zero-order valence-corrected chi connectivity index (χ0v) is 8.03. The first-order chi connectivity index (χ1) is 5.25. The molecular formula is CH4F3O6PS2. The van der Waals surface area contributed by atoms with Gasteiger partial charge in [0.05, 0.1) is 0 Å². The molecule has 0 unspecified atom stereocenters. The van der Waals surface area contributed by atoms with Gasteiger partial charge in [0.1, 0.15) is 0 Å². The van der Waals surface area contributed by atoms with Crippen LogP contribution in [0.15, 0.2) is 0 Å². The molecule has 13 heavy (non-hydrogen) atoms. The van der Waals surface area contributed by atoms with Crippen molar-refractivity contribution in [3.05, 3.63) is 0 Å². The van der Waals surface area contributed by atoms with E-state index in [4.69, 9.17) is 27.7 Å². The van der Waals surface area contributed by atoms with Crippen LogP contribution in [-0.2, 0) is 21.9 Å². The monoisotopic (exact) mass is 264 g/mol. The van der Waals surface area contributed by atoms with E-state index in [2.05, 4.69) is 11.8 Å². The smallest absolute Gasteiger partial charge is 0.325 e. The molecule has 0 aliphatic carbocycles. The molecule has 0 aliphatic heterocycles. The molecule has 0 radical (unpaired) electrons. The average molecular weight is 264 g/mol. The van der Waals surface area contributed by atoms with Crippen LogP contribution >= 0.6 is 6.72 Å². The van der Waals surface area contributed by atoms with Gasteiger partial charge >= 0.3 is 22.3 Å². The summed E-state index contributed by atoms with van der Waals surface area (Å²) in [6.07, 6.45) is 0. The normalized spacial score (nSPS) is 13.2. The summed E-state index contributed by atoms with van der Waals surface area (Å²) in [6, 6.07) is 0. The number of rotatable bonds is 0. The standard InChI is InChI=1S/CHF3O3S.H3O3PS/c2-1(3,4)8(5,6)7;1-4(2,3)5/h(H,5,6,7);(H3,1,2,3,5). The highest BCUT2D eigenvalue weighted by Gasteiger charge is 2.44. The Morgan fingerprint density at radius 1 is 1.15 bits per heavy atom. The van der Waals surface area contributed by atoms with E-state index in [1.165, 1.54) is 0 Å². The Labute approximate surface area is 75.6 Å². The predicted octanol–water partition coefficient (Wildman–Crippen LogP) is -0.418. The fraction of sp³-hybridized carbons (Fsp3) is 1.00. The summed E-state index contributed by atoms with van der Waals surface area (Å²) in [5, 5.41) is 0. The average Bonchev–Trinajstić information content (AvgIpc) is 1.50. The van der Waals surface area contributed by atoms with Crippen molar-refractivity contribution >= 4 is 28.6 Å². The quantitative estimate of drug-likeness (QED) is 0.267. The van der Waals surface area contributed by atoms with Crippen LogP contribution in [0, 0.1) is 0 Å². The van der Waals surface area contributed by atoms with Gasteiger partial charge < -0.3 is 14.7 Å². The first-order valence-electron chi connectivity index (χ1n) is 2.07. The maximum atomic E-state index is 10.7. The molecule has 0 bridgehead atoms. The Hall–Kier alpha value is 0.230. The van der Waals surface area contributed by atoms with Gasteiger partial charge in [0, 0.05) is 0 Å². The van der Waals surface area contributed by atoms with Gasteiger partial charge in [-0.1, -0.05) is 0 Å². The Kier molecular flexibility index (Phi) is 5.60. The minimum Gasteiger partial charge on any atom is -0.325 e. The van der Waals surface area contributed by atoms with Crippen molar-refractivity contribution in [3.63, 3.8) is 0 Å². The van der Waals surface area contributed by atoms with Crippen LogP contribution in [0.4, 0.5) is 13.2 Å². The third kappa shape index (κ3) is 15.0. The fourth-order valence-corrected chi connectivity index (χ4v) is 0. The molecule has 12 heteroatoms. The van der Waals surface area contributed by atoms with Crippen molar-refractivity contribution in [2.75, 3.05) is 0 Å². The topological polar surface area (TPSA) is 115 Å². The van der Waals surface area contributed by atoms with Crippen molar-refractivity contribution in [1.29, 1.82) is 0 Å². The number of halogens is 3. The van der Waals surface area contributed by atoms with Crippen molar-refractivity contribution in [2.24, 2.45) is 0 Å². The van der Waals surface area contributed by atoms with Crippen LogP contribution in [0.25, 0.3) is 0 Å². The number of hydrogen-bond donors (Lipinski definition) is 4. The molecular weight excluding hydrogens is 260 g/mol. The van der Waals surface area contributed by atoms with Crippen LogP contribution in [0.5, 0.6) is 0 Å². The molecule has 0 spiro atoms. The third-order valence-electron chi connectivity index (χ3n) is 0.292. The molecule has 0 heterocycles. The van der Waals surface area contributed by atoms with Gasteiger partial charge in [0.2, 0.25) is 0 Å². The van der Waals surface area contributed by atoms with Crippen LogP contribution < -0.4 is 0 Å². The van der Waals surface area contributed by atoms with Crippen LogP contribution in [-0.4, -0.2) is 33.2 Å². The van der Waals surface area contributed by atoms with E-state index in [9.17, 15) is 13.2 Å². The predicted molar refractivity (Wildman–Crippen MR) is 38.5 cm³/mol. The summed E-state index contributed by atoms with van der Waals surface area (Å²) in [4.78, 5) is 22.7. The highest BCUT2D eigenvalue weighted by molar-refractivity contribution is 8.06. The van der Waals surface area contributed by atoms with Gasteiger partial charge in [-0.3, -0.25) is 4.55 Å². The summed E-state index contributed by atoms with van der Waals surface area (Å²) in [6.45, 7) is -3.81. The fourth-order valence-electron chi connectivity index (χ4n) is 0. The largest absolute Gasteiger partial charge is 0.522 e. The first kappa shape index (κ1) is 15.7. The van der Waals surface area contributed by atoms with Gasteiger partial charge in [0.25, 0.3) is 0 Å². The summed E-state index contributed by atoms with van der Waals surface area (Å²) >= 11 is 3.60. The highest BCUT2D eigenvalue weighted by Crippen LogP contribution is 2.26. The highest BCUT2D eigenvalue weighted by atomic mass is 32.5. The second-order valence-corrected chi connectivity index (χ2v) is 5.34.